The van der Waals surface area contributed by atoms with Crippen LogP contribution in [0.3, 0.4) is 0 Å². The molecule has 6 N–H and O–H groups in total. The van der Waals surface area contributed by atoms with Crippen LogP contribution in [0, 0.1) is 0 Å². The first-order valence-corrected chi connectivity index (χ1v) is 11.7. The van der Waals surface area contributed by atoms with E-state index in [-0.39, 0.29) is 4.90 Å². The molecule has 0 aliphatic heterocycles. The Morgan fingerprint density at radius 3 is 2.07 bits per heavy atom. The van der Waals surface area contributed by atoms with Crippen molar-refractivity contribution in [2.45, 2.75) is 23.3 Å². The highest BCUT2D eigenvalue weighted by atomic mass is 32.2. The van der Waals surface area contributed by atoms with Crippen LogP contribution in [0.25, 0.3) is 10.8 Å². The van der Waals surface area contributed by atoms with Gasteiger partial charge in [0.25, 0.3) is 0 Å². The van der Waals surface area contributed by atoms with Crippen LogP contribution < -0.4 is 20.9 Å². The fraction of sp³-hybridized carbons (Fsp3) is 0.235. The summed E-state index contributed by atoms with van der Waals surface area (Å²) in [6.45, 7) is 0. The van der Waals surface area contributed by atoms with Crippen molar-refractivity contribution in [3.63, 3.8) is 0 Å². The standard InChI is InChI=1S/C17H20N4O7S2/c1-29(25,26)20-15(23)10-17(16(19)24,9-14(18)22)21-30(27,28)13-7-6-11-4-2-3-5-12(11)8-13/h2-8,21H,9-10H2,1H3,(H2,18,22)(H2,19,24)(H,20,23). The molecule has 3 amide bonds. The third-order valence-corrected chi connectivity index (χ3v) is 6.20. The molecule has 11 nitrogen and oxygen atoms in total. The predicted molar refractivity (Wildman–Crippen MR) is 108 cm³/mol. The third kappa shape index (κ3) is 5.75. The second kappa shape index (κ2) is 8.38. The smallest absolute Gasteiger partial charge is 0.241 e. The third-order valence-electron chi connectivity index (χ3n) is 4.07. The summed E-state index contributed by atoms with van der Waals surface area (Å²) in [5.74, 6) is -3.77. The molecule has 2 aromatic rings. The lowest BCUT2D eigenvalue weighted by Gasteiger charge is -2.29. The summed E-state index contributed by atoms with van der Waals surface area (Å²) >= 11 is 0. The lowest BCUT2D eigenvalue weighted by molar-refractivity contribution is -0.132. The number of nitrogens with one attached hydrogen (secondary N) is 2. The number of sulfonamides is 2. The zero-order valence-corrected chi connectivity index (χ0v) is 17.4. The maximum absolute atomic E-state index is 12.9. The number of fused-ring (bicyclic) bond motifs is 1. The predicted octanol–water partition coefficient (Wildman–Crippen LogP) is -1.32. The van der Waals surface area contributed by atoms with Crippen molar-refractivity contribution in [2.75, 3.05) is 6.26 Å². The van der Waals surface area contributed by atoms with E-state index in [0.717, 1.165) is 5.39 Å². The summed E-state index contributed by atoms with van der Waals surface area (Å²) in [4.78, 5) is 35.5. The Morgan fingerprint density at radius 1 is 0.933 bits per heavy atom. The first-order valence-electron chi connectivity index (χ1n) is 8.36. The summed E-state index contributed by atoms with van der Waals surface area (Å²) in [6.07, 6.45) is -1.35. The number of nitrogens with two attached hydrogens (primary N) is 2. The van der Waals surface area contributed by atoms with Crippen molar-refractivity contribution in [1.29, 1.82) is 0 Å². The highest BCUT2D eigenvalue weighted by molar-refractivity contribution is 7.89. The molecular weight excluding hydrogens is 436 g/mol. The fourth-order valence-electron chi connectivity index (χ4n) is 2.82. The summed E-state index contributed by atoms with van der Waals surface area (Å²) in [5, 5.41) is 1.33. The molecule has 2 rings (SSSR count). The van der Waals surface area contributed by atoms with Crippen molar-refractivity contribution in [3.8, 4) is 0 Å². The first kappa shape index (κ1) is 23.3. The maximum atomic E-state index is 12.9. The summed E-state index contributed by atoms with van der Waals surface area (Å²) < 4.78 is 52.0. The van der Waals surface area contributed by atoms with E-state index < -0.39 is 56.1 Å². The monoisotopic (exact) mass is 456 g/mol. The van der Waals surface area contributed by atoms with Gasteiger partial charge in [-0.1, -0.05) is 30.3 Å². The average molecular weight is 457 g/mol. The summed E-state index contributed by atoms with van der Waals surface area (Å²) in [6, 6.07) is 11.0. The molecule has 0 aliphatic carbocycles. The number of hydrogen-bond donors (Lipinski definition) is 4. The number of primary amides is 2. The highest BCUT2D eigenvalue weighted by Crippen LogP contribution is 2.23. The zero-order valence-electron chi connectivity index (χ0n) is 15.8. The van der Waals surface area contributed by atoms with Gasteiger partial charge in [-0.25, -0.2) is 16.8 Å². The van der Waals surface area contributed by atoms with E-state index in [9.17, 15) is 31.2 Å². The van der Waals surface area contributed by atoms with Crippen LogP contribution in [-0.2, 0) is 34.4 Å². The second-order valence-electron chi connectivity index (χ2n) is 6.68. The molecular formula is C17H20N4O7S2. The molecule has 30 heavy (non-hydrogen) atoms. The van der Waals surface area contributed by atoms with Gasteiger partial charge in [0.05, 0.1) is 24.0 Å². The number of carbonyl (C=O) groups excluding carboxylic acids is 3. The van der Waals surface area contributed by atoms with E-state index >= 15 is 0 Å². The van der Waals surface area contributed by atoms with E-state index in [1.54, 1.807) is 29.0 Å². The lowest BCUT2D eigenvalue weighted by Crippen LogP contribution is -2.61. The maximum Gasteiger partial charge on any atom is 0.241 e. The van der Waals surface area contributed by atoms with Crippen LogP contribution in [0.4, 0.5) is 0 Å². The van der Waals surface area contributed by atoms with Crippen molar-refractivity contribution in [3.05, 3.63) is 42.5 Å². The van der Waals surface area contributed by atoms with Gasteiger partial charge in [0.15, 0.2) is 0 Å². The lowest BCUT2D eigenvalue weighted by atomic mass is 9.91. The molecule has 2 aromatic carbocycles. The van der Waals surface area contributed by atoms with Crippen LogP contribution in [-0.4, -0.2) is 46.4 Å². The Bertz CT molecular complexity index is 1230. The fourth-order valence-corrected chi connectivity index (χ4v) is 4.72. The van der Waals surface area contributed by atoms with E-state index in [2.05, 4.69) is 0 Å². The van der Waals surface area contributed by atoms with Crippen LogP contribution in [0.1, 0.15) is 12.8 Å². The molecule has 0 spiro atoms. The van der Waals surface area contributed by atoms with Gasteiger partial charge in [0, 0.05) is 0 Å². The van der Waals surface area contributed by atoms with Gasteiger partial charge >= 0.3 is 0 Å². The van der Waals surface area contributed by atoms with E-state index in [4.69, 9.17) is 11.5 Å². The number of hydrogen-bond acceptors (Lipinski definition) is 7. The first-order chi connectivity index (χ1) is 13.7. The number of benzene rings is 2. The molecule has 0 heterocycles. The summed E-state index contributed by atoms with van der Waals surface area (Å²) in [5.41, 5.74) is 7.94. The molecule has 1 unspecified atom stereocenters. The van der Waals surface area contributed by atoms with Crippen molar-refractivity contribution in [1.82, 2.24) is 9.44 Å². The SMILES string of the molecule is CS(=O)(=O)NC(=O)CC(CC(N)=O)(NS(=O)(=O)c1ccc2ccccc2c1)C(N)=O. The topological polar surface area (TPSA) is 196 Å². The highest BCUT2D eigenvalue weighted by Gasteiger charge is 2.44. The van der Waals surface area contributed by atoms with Crippen molar-refractivity contribution < 1.29 is 31.2 Å². The minimum absolute atomic E-state index is 0.264. The molecule has 0 bridgehead atoms. The van der Waals surface area contributed by atoms with Crippen LogP contribution in [0.5, 0.6) is 0 Å². The quantitative estimate of drug-likeness (QED) is 0.359. The molecule has 0 aromatic heterocycles. The van der Waals surface area contributed by atoms with Gasteiger partial charge in [-0.2, -0.15) is 4.72 Å². The van der Waals surface area contributed by atoms with E-state index in [1.807, 2.05) is 4.72 Å². The Kier molecular flexibility index (Phi) is 6.49. The largest absolute Gasteiger partial charge is 0.370 e. The van der Waals surface area contributed by atoms with Gasteiger partial charge in [0.1, 0.15) is 5.54 Å². The van der Waals surface area contributed by atoms with Crippen molar-refractivity contribution >= 4 is 48.5 Å². The Labute approximate surface area is 172 Å². The zero-order chi connectivity index (χ0) is 22.7. The Balaban J connectivity index is 2.49. The van der Waals surface area contributed by atoms with Crippen molar-refractivity contribution in [2.24, 2.45) is 11.5 Å². The molecule has 0 aliphatic rings. The van der Waals surface area contributed by atoms with Gasteiger partial charge in [0.2, 0.25) is 37.8 Å². The Morgan fingerprint density at radius 2 is 1.53 bits per heavy atom. The molecule has 0 saturated heterocycles. The van der Waals surface area contributed by atoms with Gasteiger partial charge in [-0.3, -0.25) is 19.1 Å². The van der Waals surface area contributed by atoms with E-state index in [1.165, 1.54) is 18.2 Å². The van der Waals surface area contributed by atoms with Gasteiger partial charge in [-0.15, -0.1) is 0 Å². The van der Waals surface area contributed by atoms with Gasteiger partial charge in [-0.05, 0) is 22.9 Å². The molecule has 13 heteroatoms. The minimum Gasteiger partial charge on any atom is -0.370 e. The Hall–Kier alpha value is -3.03. The molecule has 162 valence electrons. The summed E-state index contributed by atoms with van der Waals surface area (Å²) in [7, 11) is -8.49. The molecule has 0 radical (unpaired) electrons. The van der Waals surface area contributed by atoms with Crippen LogP contribution in [0.15, 0.2) is 47.4 Å². The number of carbonyl (C=O) groups is 3. The van der Waals surface area contributed by atoms with Crippen LogP contribution in [0.2, 0.25) is 0 Å². The van der Waals surface area contributed by atoms with Gasteiger partial charge < -0.3 is 11.5 Å². The normalized spacial score (nSPS) is 14.0. The minimum atomic E-state index is -4.48. The number of amides is 3. The molecule has 0 saturated carbocycles. The molecule has 1 atom stereocenters. The van der Waals surface area contributed by atoms with E-state index in [0.29, 0.717) is 11.6 Å². The average Bonchev–Trinajstić information content (AvgIpc) is 2.58. The number of rotatable bonds is 9. The van der Waals surface area contributed by atoms with Crippen LogP contribution >= 0.6 is 0 Å². The second-order valence-corrected chi connectivity index (χ2v) is 10.1. The molecule has 0 fully saturated rings.